The Bertz CT molecular complexity index is 3480. The molecule has 0 saturated heterocycles. The van der Waals surface area contributed by atoms with Gasteiger partial charge >= 0.3 is 0 Å². The summed E-state index contributed by atoms with van der Waals surface area (Å²) < 4.78 is 16.1. The van der Waals surface area contributed by atoms with Crippen molar-refractivity contribution in [1.82, 2.24) is 4.57 Å². The van der Waals surface area contributed by atoms with E-state index in [-0.39, 0.29) is 0 Å². The van der Waals surface area contributed by atoms with Gasteiger partial charge in [0.25, 0.3) is 0 Å². The van der Waals surface area contributed by atoms with Crippen molar-refractivity contribution in [3.63, 3.8) is 0 Å². The molecule has 9 aromatic carbocycles. The summed E-state index contributed by atoms with van der Waals surface area (Å²) in [6.45, 7) is 0. The van der Waals surface area contributed by atoms with Crippen LogP contribution in [0.2, 0.25) is 0 Å². The summed E-state index contributed by atoms with van der Waals surface area (Å²) >= 11 is 0. The Morgan fingerprint density at radius 1 is 0.362 bits per heavy atom. The molecule has 272 valence electrons. The minimum Gasteiger partial charge on any atom is -0.455 e. The lowest BCUT2D eigenvalue weighted by Gasteiger charge is -2.27. The van der Waals surface area contributed by atoms with E-state index in [0.717, 1.165) is 88.9 Å². The van der Waals surface area contributed by atoms with E-state index in [9.17, 15) is 0 Å². The van der Waals surface area contributed by atoms with Gasteiger partial charge in [-0.2, -0.15) is 0 Å². The van der Waals surface area contributed by atoms with Crippen molar-refractivity contribution in [1.29, 1.82) is 0 Å². The zero-order valence-corrected chi connectivity index (χ0v) is 31.3. The van der Waals surface area contributed by atoms with Crippen LogP contribution in [-0.2, 0) is 0 Å². The van der Waals surface area contributed by atoms with Crippen molar-refractivity contribution in [2.45, 2.75) is 0 Å². The number of rotatable bonds is 6. The van der Waals surface area contributed by atoms with Gasteiger partial charge in [0.1, 0.15) is 16.7 Å². The second kappa shape index (κ2) is 12.9. The highest BCUT2D eigenvalue weighted by atomic mass is 16.3. The van der Waals surface area contributed by atoms with Crippen LogP contribution in [0.1, 0.15) is 0 Å². The summed E-state index contributed by atoms with van der Waals surface area (Å²) in [6.07, 6.45) is 0. The lowest BCUT2D eigenvalue weighted by Crippen LogP contribution is -2.11. The molecular formula is C54H34N2O2. The molecule has 0 amide bonds. The molecule has 12 rings (SSSR count). The van der Waals surface area contributed by atoms with Gasteiger partial charge in [-0.25, -0.2) is 0 Å². The van der Waals surface area contributed by atoms with Gasteiger partial charge in [0.2, 0.25) is 0 Å². The minimum atomic E-state index is 0.831. The van der Waals surface area contributed by atoms with Gasteiger partial charge in [0.05, 0.1) is 27.8 Å². The maximum absolute atomic E-state index is 6.94. The molecule has 58 heavy (non-hydrogen) atoms. The molecule has 0 spiro atoms. The van der Waals surface area contributed by atoms with Crippen LogP contribution in [0.3, 0.4) is 0 Å². The molecule has 0 aliphatic heterocycles. The smallest absolute Gasteiger partial charge is 0.159 e. The van der Waals surface area contributed by atoms with Gasteiger partial charge in [0, 0.05) is 43.9 Å². The van der Waals surface area contributed by atoms with Gasteiger partial charge in [-0.05, 0) is 83.4 Å². The van der Waals surface area contributed by atoms with Gasteiger partial charge < -0.3 is 18.3 Å². The van der Waals surface area contributed by atoms with Crippen molar-refractivity contribution >= 4 is 82.7 Å². The number of hydrogen-bond donors (Lipinski definition) is 0. The van der Waals surface area contributed by atoms with Gasteiger partial charge in [-0.1, -0.05) is 140 Å². The van der Waals surface area contributed by atoms with Crippen molar-refractivity contribution in [3.05, 3.63) is 206 Å². The first-order valence-electron chi connectivity index (χ1n) is 19.7. The van der Waals surface area contributed by atoms with Gasteiger partial charge in [0.15, 0.2) is 5.58 Å². The third kappa shape index (κ3) is 4.95. The van der Waals surface area contributed by atoms with Crippen molar-refractivity contribution < 1.29 is 8.83 Å². The van der Waals surface area contributed by atoms with E-state index in [2.05, 4.69) is 198 Å². The largest absolute Gasteiger partial charge is 0.455 e. The van der Waals surface area contributed by atoms with Crippen molar-refractivity contribution in [3.8, 4) is 27.9 Å². The molecule has 3 aromatic heterocycles. The molecule has 0 aliphatic rings. The topological polar surface area (TPSA) is 34.5 Å². The Kier molecular flexibility index (Phi) is 7.20. The molecule has 0 bridgehead atoms. The Balaban J connectivity index is 1.12. The molecule has 0 atom stereocenters. The van der Waals surface area contributed by atoms with E-state index >= 15 is 0 Å². The number of fused-ring (bicyclic) bond motifs is 9. The van der Waals surface area contributed by atoms with Crippen molar-refractivity contribution in [2.24, 2.45) is 0 Å². The maximum Gasteiger partial charge on any atom is 0.159 e. The highest BCUT2D eigenvalue weighted by molar-refractivity contribution is 6.19. The Hall–Kier alpha value is -7.82. The van der Waals surface area contributed by atoms with E-state index in [0.29, 0.717) is 0 Å². The van der Waals surface area contributed by atoms with Crippen LogP contribution in [0.25, 0.3) is 93.6 Å². The summed E-state index contributed by atoms with van der Waals surface area (Å²) in [7, 11) is 0. The van der Waals surface area contributed by atoms with Crippen molar-refractivity contribution in [2.75, 3.05) is 4.90 Å². The predicted molar refractivity (Wildman–Crippen MR) is 241 cm³/mol. The van der Waals surface area contributed by atoms with Gasteiger partial charge in [-0.3, -0.25) is 0 Å². The second-order valence-corrected chi connectivity index (χ2v) is 14.9. The first kappa shape index (κ1) is 32.4. The zero-order chi connectivity index (χ0) is 38.2. The molecule has 12 aromatic rings. The lowest BCUT2D eigenvalue weighted by atomic mass is 9.98. The van der Waals surface area contributed by atoms with Crippen LogP contribution in [0.5, 0.6) is 0 Å². The fraction of sp³-hybridized carbons (Fsp3) is 0. The van der Waals surface area contributed by atoms with Crippen LogP contribution in [0.15, 0.2) is 215 Å². The SMILES string of the molecule is c1ccc(-c2cccc(N(c3cccc4c3oc3ccccc34)c3ccc(-c4cccc(-n5c6ccccc6c6ccccc65)c4)c4oc5ccccc5c34)c2)cc1. The highest BCUT2D eigenvalue weighted by Gasteiger charge is 2.25. The highest BCUT2D eigenvalue weighted by Crippen LogP contribution is 2.49. The van der Waals surface area contributed by atoms with E-state index in [1.165, 1.54) is 21.8 Å². The summed E-state index contributed by atoms with van der Waals surface area (Å²) in [5, 5.41) is 6.73. The van der Waals surface area contributed by atoms with Crippen LogP contribution in [0, 0.1) is 0 Å². The molecule has 4 nitrogen and oxygen atoms in total. The third-order valence-corrected chi connectivity index (χ3v) is 11.6. The summed E-state index contributed by atoms with van der Waals surface area (Å²) in [5.74, 6) is 0. The number of para-hydroxylation sites is 5. The summed E-state index contributed by atoms with van der Waals surface area (Å²) in [5.41, 5.74) is 14.2. The molecule has 0 saturated carbocycles. The first-order chi connectivity index (χ1) is 28.8. The number of benzene rings is 9. The molecule has 0 radical (unpaired) electrons. The minimum absolute atomic E-state index is 0.831. The van der Waals surface area contributed by atoms with Crippen LogP contribution in [0.4, 0.5) is 17.1 Å². The van der Waals surface area contributed by atoms with E-state index < -0.39 is 0 Å². The first-order valence-corrected chi connectivity index (χ1v) is 19.7. The van der Waals surface area contributed by atoms with Crippen LogP contribution < -0.4 is 4.90 Å². The maximum atomic E-state index is 6.94. The average molecular weight is 743 g/mol. The lowest BCUT2D eigenvalue weighted by molar-refractivity contribution is 0.668. The third-order valence-electron chi connectivity index (χ3n) is 11.6. The molecule has 0 unspecified atom stereocenters. The quantitative estimate of drug-likeness (QED) is 0.170. The zero-order valence-electron chi connectivity index (χ0n) is 31.3. The molecule has 0 N–H and O–H groups in total. The Morgan fingerprint density at radius 2 is 0.948 bits per heavy atom. The molecule has 0 aliphatic carbocycles. The number of anilines is 3. The van der Waals surface area contributed by atoms with E-state index in [4.69, 9.17) is 8.83 Å². The molecule has 4 heteroatoms. The Labute approximate surface area is 334 Å². The fourth-order valence-electron chi connectivity index (χ4n) is 9.01. The monoisotopic (exact) mass is 742 g/mol. The average Bonchev–Trinajstić information content (AvgIpc) is 3.98. The molecule has 0 fully saturated rings. The number of nitrogens with zero attached hydrogens (tertiary/aromatic N) is 2. The molecule has 3 heterocycles. The summed E-state index contributed by atoms with van der Waals surface area (Å²) in [6, 6.07) is 73.0. The number of hydrogen-bond acceptors (Lipinski definition) is 3. The summed E-state index contributed by atoms with van der Waals surface area (Å²) in [4.78, 5) is 2.35. The van der Waals surface area contributed by atoms with Gasteiger partial charge in [-0.15, -0.1) is 0 Å². The van der Waals surface area contributed by atoms with E-state index in [1.807, 2.05) is 18.2 Å². The standard InChI is InChI=1S/C54H34N2O2/c1-2-15-35(16-3-1)36-17-12-19-38(33-36)56(49-28-14-25-44-43-23-6-10-29-50(43)57-53(44)49)48-32-31-40(54-52(48)45-24-7-11-30-51(45)58-54)37-18-13-20-39(34-37)55-46-26-8-4-21-41(46)42-22-5-9-27-47(42)55/h1-34H. The number of aromatic nitrogens is 1. The predicted octanol–water partition coefficient (Wildman–Crippen LogP) is 15.4. The normalized spacial score (nSPS) is 11.8. The second-order valence-electron chi connectivity index (χ2n) is 14.9. The van der Waals surface area contributed by atoms with E-state index in [1.54, 1.807) is 0 Å². The van der Waals surface area contributed by atoms with Crippen LogP contribution in [-0.4, -0.2) is 4.57 Å². The Morgan fingerprint density at radius 3 is 1.74 bits per heavy atom. The fourth-order valence-corrected chi connectivity index (χ4v) is 9.01. The molecular weight excluding hydrogens is 709 g/mol. The number of furan rings is 2. The van der Waals surface area contributed by atoms with Crippen LogP contribution >= 0.6 is 0 Å².